The molecule has 0 saturated heterocycles. The highest BCUT2D eigenvalue weighted by Crippen LogP contribution is 2.32. The van der Waals surface area contributed by atoms with Crippen LogP contribution in [0.4, 0.5) is 5.69 Å². The number of ether oxygens (including phenoxy) is 1. The standard InChI is InChI=1S/C29H24N2O4/c1-19-14-15-24(25(18-19)35-2)30(27(32)21-8-4-3-5-9-21)16-17-31-28(33)22-12-6-10-20-11-7-13-23(26(20)22)29(31)34/h3-15,18H,16-17H2,1-2H3. The van der Waals surface area contributed by atoms with E-state index >= 15 is 0 Å². The van der Waals surface area contributed by atoms with E-state index in [2.05, 4.69) is 0 Å². The highest BCUT2D eigenvalue weighted by molar-refractivity contribution is 6.25. The van der Waals surface area contributed by atoms with Crippen LogP contribution in [0.3, 0.4) is 0 Å². The predicted octanol–water partition coefficient (Wildman–Crippen LogP) is 5.10. The maximum Gasteiger partial charge on any atom is 0.261 e. The first-order valence-electron chi connectivity index (χ1n) is 11.4. The average molecular weight is 465 g/mol. The van der Waals surface area contributed by atoms with Crippen LogP contribution in [0.25, 0.3) is 10.8 Å². The Labute approximate surface area is 203 Å². The van der Waals surface area contributed by atoms with Gasteiger partial charge in [-0.25, -0.2) is 0 Å². The SMILES string of the molecule is COc1cc(C)ccc1N(CCN1C(=O)c2cccc3cccc(c23)C1=O)C(=O)c1ccccc1. The summed E-state index contributed by atoms with van der Waals surface area (Å²) < 4.78 is 5.57. The Bertz CT molecular complexity index is 1410. The molecule has 0 spiro atoms. The average Bonchev–Trinajstić information content (AvgIpc) is 2.89. The first-order chi connectivity index (χ1) is 17.0. The van der Waals surface area contributed by atoms with Crippen molar-refractivity contribution in [3.8, 4) is 5.75 Å². The van der Waals surface area contributed by atoms with Crippen molar-refractivity contribution in [3.05, 3.63) is 107 Å². The summed E-state index contributed by atoms with van der Waals surface area (Å²) in [6, 6.07) is 25.4. The maximum absolute atomic E-state index is 13.6. The van der Waals surface area contributed by atoms with E-state index < -0.39 is 0 Å². The van der Waals surface area contributed by atoms with E-state index in [0.29, 0.717) is 33.5 Å². The van der Waals surface area contributed by atoms with Gasteiger partial charge in [0, 0.05) is 35.2 Å². The molecule has 6 heteroatoms. The summed E-state index contributed by atoms with van der Waals surface area (Å²) in [5.41, 5.74) is 3.05. The van der Waals surface area contributed by atoms with Gasteiger partial charge in [0.1, 0.15) is 5.75 Å². The molecule has 0 aromatic heterocycles. The van der Waals surface area contributed by atoms with E-state index in [1.165, 1.54) is 4.90 Å². The van der Waals surface area contributed by atoms with Gasteiger partial charge in [-0.2, -0.15) is 0 Å². The van der Waals surface area contributed by atoms with Crippen LogP contribution in [0.5, 0.6) is 5.75 Å². The van der Waals surface area contributed by atoms with Crippen LogP contribution in [-0.4, -0.2) is 42.8 Å². The van der Waals surface area contributed by atoms with Crippen molar-refractivity contribution >= 4 is 34.2 Å². The molecule has 1 aliphatic rings. The molecule has 174 valence electrons. The minimum absolute atomic E-state index is 0.0397. The number of amides is 3. The van der Waals surface area contributed by atoms with Crippen molar-refractivity contribution in [2.24, 2.45) is 0 Å². The summed E-state index contributed by atoms with van der Waals surface area (Å²) in [6.07, 6.45) is 0. The van der Waals surface area contributed by atoms with Crippen molar-refractivity contribution < 1.29 is 19.1 Å². The molecule has 0 fully saturated rings. The zero-order chi connectivity index (χ0) is 24.5. The molecule has 0 atom stereocenters. The molecule has 4 aromatic carbocycles. The second kappa shape index (κ2) is 9.06. The van der Waals surface area contributed by atoms with Crippen molar-refractivity contribution in [2.45, 2.75) is 6.92 Å². The van der Waals surface area contributed by atoms with Gasteiger partial charge in [0.25, 0.3) is 17.7 Å². The lowest BCUT2D eigenvalue weighted by Crippen LogP contribution is -2.46. The predicted molar refractivity (Wildman–Crippen MR) is 135 cm³/mol. The van der Waals surface area contributed by atoms with Crippen LogP contribution in [0.1, 0.15) is 36.6 Å². The second-order valence-corrected chi connectivity index (χ2v) is 8.47. The van der Waals surface area contributed by atoms with E-state index in [1.54, 1.807) is 48.4 Å². The topological polar surface area (TPSA) is 66.9 Å². The number of methoxy groups -OCH3 is 1. The number of aryl methyl sites for hydroxylation is 1. The fraction of sp³-hybridized carbons (Fsp3) is 0.138. The van der Waals surface area contributed by atoms with Gasteiger partial charge >= 0.3 is 0 Å². The molecule has 0 aliphatic carbocycles. The van der Waals surface area contributed by atoms with Gasteiger partial charge in [-0.3, -0.25) is 19.3 Å². The molecule has 0 radical (unpaired) electrons. The van der Waals surface area contributed by atoms with Gasteiger partial charge in [0.05, 0.1) is 12.8 Å². The molecule has 5 rings (SSSR count). The third kappa shape index (κ3) is 3.93. The summed E-state index contributed by atoms with van der Waals surface area (Å²) in [6.45, 7) is 2.10. The first-order valence-corrected chi connectivity index (χ1v) is 11.4. The summed E-state index contributed by atoms with van der Waals surface area (Å²) >= 11 is 0. The van der Waals surface area contributed by atoms with Crippen molar-refractivity contribution in [1.29, 1.82) is 0 Å². The summed E-state index contributed by atoms with van der Waals surface area (Å²) in [5, 5.41) is 1.53. The number of hydrogen-bond donors (Lipinski definition) is 0. The number of nitrogens with zero attached hydrogens (tertiary/aromatic N) is 2. The Morgan fingerprint density at radius 2 is 1.51 bits per heavy atom. The number of carbonyl (C=O) groups excluding carboxylic acids is 3. The van der Waals surface area contributed by atoms with Gasteiger partial charge in [-0.1, -0.05) is 48.5 Å². The minimum Gasteiger partial charge on any atom is -0.495 e. The Hall–Kier alpha value is -4.45. The number of benzene rings is 4. The first kappa shape index (κ1) is 22.3. The van der Waals surface area contributed by atoms with Crippen LogP contribution in [0.15, 0.2) is 84.9 Å². The van der Waals surface area contributed by atoms with Gasteiger partial charge in [-0.15, -0.1) is 0 Å². The van der Waals surface area contributed by atoms with E-state index in [4.69, 9.17) is 4.74 Å². The largest absolute Gasteiger partial charge is 0.495 e. The summed E-state index contributed by atoms with van der Waals surface area (Å²) in [4.78, 5) is 43.1. The Morgan fingerprint density at radius 1 is 0.857 bits per heavy atom. The Morgan fingerprint density at radius 3 is 2.14 bits per heavy atom. The Balaban J connectivity index is 1.51. The molecule has 4 aromatic rings. The smallest absolute Gasteiger partial charge is 0.261 e. The number of anilines is 1. The highest BCUT2D eigenvalue weighted by atomic mass is 16.5. The molecular weight excluding hydrogens is 440 g/mol. The van der Waals surface area contributed by atoms with Crippen molar-refractivity contribution in [1.82, 2.24) is 4.90 Å². The molecule has 0 unspecified atom stereocenters. The normalized spacial score (nSPS) is 12.7. The third-order valence-electron chi connectivity index (χ3n) is 6.29. The zero-order valence-corrected chi connectivity index (χ0v) is 19.5. The zero-order valence-electron chi connectivity index (χ0n) is 19.5. The van der Waals surface area contributed by atoms with Crippen LogP contribution in [-0.2, 0) is 0 Å². The Kier molecular flexibility index (Phi) is 5.79. The molecule has 6 nitrogen and oxygen atoms in total. The fourth-order valence-electron chi connectivity index (χ4n) is 4.56. The molecule has 0 bridgehead atoms. The van der Waals surface area contributed by atoms with Crippen LogP contribution < -0.4 is 9.64 Å². The molecule has 35 heavy (non-hydrogen) atoms. The highest BCUT2D eigenvalue weighted by Gasteiger charge is 2.33. The van der Waals surface area contributed by atoms with Crippen molar-refractivity contribution in [2.75, 3.05) is 25.1 Å². The monoisotopic (exact) mass is 464 g/mol. The molecular formula is C29H24N2O4. The molecule has 1 heterocycles. The number of imide groups is 1. The van der Waals surface area contributed by atoms with Crippen LogP contribution in [0, 0.1) is 6.92 Å². The third-order valence-corrected chi connectivity index (χ3v) is 6.29. The molecule has 1 aliphatic heterocycles. The number of hydrogen-bond acceptors (Lipinski definition) is 4. The summed E-state index contributed by atoms with van der Waals surface area (Å²) in [5.74, 6) is -0.419. The minimum atomic E-state index is -0.359. The van der Waals surface area contributed by atoms with Gasteiger partial charge < -0.3 is 9.64 Å². The van der Waals surface area contributed by atoms with Crippen molar-refractivity contribution in [3.63, 3.8) is 0 Å². The van der Waals surface area contributed by atoms with E-state index in [1.807, 2.05) is 55.5 Å². The lowest BCUT2D eigenvalue weighted by Gasteiger charge is -2.31. The fourth-order valence-corrected chi connectivity index (χ4v) is 4.56. The summed E-state index contributed by atoms with van der Waals surface area (Å²) in [7, 11) is 1.55. The van der Waals surface area contributed by atoms with E-state index in [-0.39, 0.29) is 30.8 Å². The second-order valence-electron chi connectivity index (χ2n) is 8.47. The molecule has 0 N–H and O–H groups in total. The van der Waals surface area contributed by atoms with E-state index in [9.17, 15) is 14.4 Å². The number of rotatable bonds is 6. The maximum atomic E-state index is 13.6. The number of carbonyl (C=O) groups is 3. The van der Waals surface area contributed by atoms with Gasteiger partial charge in [0.2, 0.25) is 0 Å². The quantitative estimate of drug-likeness (QED) is 0.373. The molecule has 0 saturated carbocycles. The lowest BCUT2D eigenvalue weighted by molar-refractivity contribution is 0.0611. The van der Waals surface area contributed by atoms with Gasteiger partial charge in [-0.05, 0) is 54.3 Å². The lowest BCUT2D eigenvalue weighted by atomic mass is 9.94. The van der Waals surface area contributed by atoms with Crippen LogP contribution in [0.2, 0.25) is 0 Å². The molecule has 3 amide bonds. The van der Waals surface area contributed by atoms with E-state index in [0.717, 1.165) is 10.9 Å². The van der Waals surface area contributed by atoms with Crippen LogP contribution >= 0.6 is 0 Å². The van der Waals surface area contributed by atoms with Gasteiger partial charge in [0.15, 0.2) is 0 Å².